The summed E-state index contributed by atoms with van der Waals surface area (Å²) >= 11 is 0. The van der Waals surface area contributed by atoms with Crippen LogP contribution in [0.1, 0.15) is 31.2 Å². The zero-order valence-corrected chi connectivity index (χ0v) is 10.3. The van der Waals surface area contributed by atoms with E-state index in [-0.39, 0.29) is 5.92 Å². The highest BCUT2D eigenvalue weighted by Crippen LogP contribution is 2.39. The molecule has 4 nitrogen and oxygen atoms in total. The number of nitrogens with zero attached hydrogens (tertiary/aromatic N) is 2. The van der Waals surface area contributed by atoms with Crippen molar-refractivity contribution in [3.05, 3.63) is 30.1 Å². The minimum Gasteiger partial charge on any atom is -0.481 e. The van der Waals surface area contributed by atoms with Crippen molar-refractivity contribution in [1.82, 2.24) is 9.88 Å². The maximum Gasteiger partial charge on any atom is 0.306 e. The number of hydrogen-bond donors (Lipinski definition) is 1. The van der Waals surface area contributed by atoms with E-state index in [0.29, 0.717) is 12.1 Å². The van der Waals surface area contributed by atoms with Crippen LogP contribution < -0.4 is 0 Å². The van der Waals surface area contributed by atoms with Crippen molar-refractivity contribution in [2.75, 3.05) is 0 Å². The van der Waals surface area contributed by atoms with E-state index < -0.39 is 5.97 Å². The zero-order valence-electron chi connectivity index (χ0n) is 10.3. The highest BCUT2D eigenvalue weighted by molar-refractivity contribution is 5.70. The minimum atomic E-state index is -0.615. The van der Waals surface area contributed by atoms with Gasteiger partial charge in [-0.2, -0.15) is 0 Å². The fraction of sp³-hybridized carbons (Fsp3) is 0.571. The summed E-state index contributed by atoms with van der Waals surface area (Å²) in [4.78, 5) is 17.6. The Hall–Kier alpha value is -1.42. The molecule has 0 radical (unpaired) electrons. The molecule has 96 valence electrons. The van der Waals surface area contributed by atoms with Crippen LogP contribution in [0.2, 0.25) is 0 Å². The van der Waals surface area contributed by atoms with Gasteiger partial charge in [0.15, 0.2) is 0 Å². The molecule has 1 aromatic heterocycles. The van der Waals surface area contributed by atoms with Gasteiger partial charge in [0.2, 0.25) is 0 Å². The molecular weight excluding hydrogens is 228 g/mol. The number of piperidine rings is 1. The second-order valence-corrected chi connectivity index (χ2v) is 5.42. The number of rotatable bonds is 3. The topological polar surface area (TPSA) is 53.4 Å². The average Bonchev–Trinajstić information content (AvgIpc) is 2.62. The van der Waals surface area contributed by atoms with Crippen LogP contribution in [0.25, 0.3) is 0 Å². The number of aliphatic carboxylic acids is 1. The molecule has 1 N–H and O–H groups in total. The van der Waals surface area contributed by atoms with E-state index >= 15 is 0 Å². The van der Waals surface area contributed by atoms with E-state index in [1.807, 2.05) is 24.5 Å². The molecular formula is C14H18N2O2. The summed E-state index contributed by atoms with van der Waals surface area (Å²) in [5.41, 5.74) is 1.27. The number of carboxylic acid groups (broad SMARTS) is 1. The van der Waals surface area contributed by atoms with Crippen molar-refractivity contribution < 1.29 is 9.90 Å². The lowest BCUT2D eigenvalue weighted by Gasteiger charge is -2.37. The third-order valence-electron chi connectivity index (χ3n) is 4.35. The molecule has 0 saturated carbocycles. The Labute approximate surface area is 107 Å². The monoisotopic (exact) mass is 246 g/mol. The second-order valence-electron chi connectivity index (χ2n) is 5.42. The molecule has 1 aromatic rings. The van der Waals surface area contributed by atoms with Crippen LogP contribution in [0.4, 0.5) is 0 Å². The SMILES string of the molecule is O=C(O)C1CC2CCC(C1)N2Cc1ccncc1. The molecule has 2 atom stereocenters. The second kappa shape index (κ2) is 4.69. The van der Waals surface area contributed by atoms with E-state index in [4.69, 9.17) is 5.11 Å². The Morgan fingerprint density at radius 2 is 1.89 bits per heavy atom. The number of carboxylic acids is 1. The summed E-state index contributed by atoms with van der Waals surface area (Å²) in [5.74, 6) is -0.744. The molecule has 2 aliphatic rings. The normalized spacial score (nSPS) is 31.4. The number of pyridine rings is 1. The summed E-state index contributed by atoms with van der Waals surface area (Å²) in [7, 11) is 0. The van der Waals surface area contributed by atoms with Crippen LogP contribution in [-0.4, -0.2) is 33.0 Å². The van der Waals surface area contributed by atoms with Crippen LogP contribution in [0.5, 0.6) is 0 Å². The van der Waals surface area contributed by atoms with E-state index in [0.717, 1.165) is 32.2 Å². The largest absolute Gasteiger partial charge is 0.481 e. The summed E-state index contributed by atoms with van der Waals surface area (Å²) in [5, 5.41) is 9.15. The van der Waals surface area contributed by atoms with Gasteiger partial charge in [0.25, 0.3) is 0 Å². The molecule has 0 aromatic carbocycles. The lowest BCUT2D eigenvalue weighted by Crippen LogP contribution is -2.44. The molecule has 0 spiro atoms. The van der Waals surface area contributed by atoms with E-state index in [2.05, 4.69) is 9.88 Å². The quantitative estimate of drug-likeness (QED) is 0.885. The fourth-order valence-corrected chi connectivity index (χ4v) is 3.43. The maximum atomic E-state index is 11.1. The molecule has 2 unspecified atom stereocenters. The predicted octanol–water partition coefficient (Wildman–Crippen LogP) is 1.91. The number of fused-ring (bicyclic) bond motifs is 2. The van der Waals surface area contributed by atoms with Crippen molar-refractivity contribution in [3.8, 4) is 0 Å². The van der Waals surface area contributed by atoms with Gasteiger partial charge < -0.3 is 5.11 Å². The summed E-state index contributed by atoms with van der Waals surface area (Å²) < 4.78 is 0. The van der Waals surface area contributed by atoms with Gasteiger partial charge >= 0.3 is 5.97 Å². The first-order chi connectivity index (χ1) is 8.74. The van der Waals surface area contributed by atoms with Crippen LogP contribution in [0, 0.1) is 5.92 Å². The van der Waals surface area contributed by atoms with Gasteiger partial charge in [0.05, 0.1) is 5.92 Å². The predicted molar refractivity (Wildman–Crippen MR) is 66.9 cm³/mol. The van der Waals surface area contributed by atoms with Gasteiger partial charge in [-0.3, -0.25) is 14.7 Å². The van der Waals surface area contributed by atoms with Crippen molar-refractivity contribution in [1.29, 1.82) is 0 Å². The Morgan fingerprint density at radius 1 is 1.28 bits per heavy atom. The van der Waals surface area contributed by atoms with Crippen LogP contribution >= 0.6 is 0 Å². The molecule has 2 saturated heterocycles. The van der Waals surface area contributed by atoms with Gasteiger partial charge in [-0.25, -0.2) is 0 Å². The zero-order chi connectivity index (χ0) is 12.5. The molecule has 2 aliphatic heterocycles. The van der Waals surface area contributed by atoms with Crippen LogP contribution in [0.3, 0.4) is 0 Å². The van der Waals surface area contributed by atoms with Gasteiger partial charge in [-0.1, -0.05) is 0 Å². The highest BCUT2D eigenvalue weighted by atomic mass is 16.4. The summed E-state index contributed by atoms with van der Waals surface area (Å²) in [6.07, 6.45) is 7.58. The van der Waals surface area contributed by atoms with Crippen LogP contribution in [-0.2, 0) is 11.3 Å². The van der Waals surface area contributed by atoms with E-state index in [9.17, 15) is 4.79 Å². The van der Waals surface area contributed by atoms with Gasteiger partial charge in [0.1, 0.15) is 0 Å². The average molecular weight is 246 g/mol. The van der Waals surface area contributed by atoms with Crippen molar-refractivity contribution in [2.24, 2.45) is 5.92 Å². The molecule has 4 heteroatoms. The lowest BCUT2D eigenvalue weighted by atomic mass is 9.90. The van der Waals surface area contributed by atoms with Gasteiger partial charge in [-0.15, -0.1) is 0 Å². The first kappa shape index (κ1) is 11.7. The summed E-state index contributed by atoms with van der Waals surface area (Å²) in [6.45, 7) is 0.935. The van der Waals surface area contributed by atoms with Crippen molar-refractivity contribution in [3.63, 3.8) is 0 Å². The van der Waals surface area contributed by atoms with Crippen molar-refractivity contribution >= 4 is 5.97 Å². The molecule has 3 heterocycles. The van der Waals surface area contributed by atoms with Gasteiger partial charge in [0, 0.05) is 31.0 Å². The molecule has 0 aliphatic carbocycles. The Kier molecular flexibility index (Phi) is 3.04. The molecule has 18 heavy (non-hydrogen) atoms. The number of hydrogen-bond acceptors (Lipinski definition) is 3. The Bertz CT molecular complexity index is 421. The maximum absolute atomic E-state index is 11.1. The fourth-order valence-electron chi connectivity index (χ4n) is 3.43. The third-order valence-corrected chi connectivity index (χ3v) is 4.35. The first-order valence-electron chi connectivity index (χ1n) is 6.61. The molecule has 3 rings (SSSR count). The highest BCUT2D eigenvalue weighted by Gasteiger charge is 2.42. The van der Waals surface area contributed by atoms with Crippen LogP contribution in [0.15, 0.2) is 24.5 Å². The Morgan fingerprint density at radius 3 is 2.44 bits per heavy atom. The number of carbonyl (C=O) groups is 1. The molecule has 0 amide bonds. The third kappa shape index (κ3) is 2.12. The van der Waals surface area contributed by atoms with Crippen molar-refractivity contribution in [2.45, 2.75) is 44.3 Å². The van der Waals surface area contributed by atoms with Gasteiger partial charge in [-0.05, 0) is 43.4 Å². The number of aromatic nitrogens is 1. The lowest BCUT2D eigenvalue weighted by molar-refractivity contribution is -0.144. The molecule has 2 bridgehead atoms. The molecule has 2 fully saturated rings. The van der Waals surface area contributed by atoms with E-state index in [1.165, 1.54) is 5.56 Å². The smallest absolute Gasteiger partial charge is 0.306 e. The Balaban J connectivity index is 1.71. The minimum absolute atomic E-state index is 0.129. The van der Waals surface area contributed by atoms with E-state index in [1.54, 1.807) is 0 Å². The standard InChI is InChI=1S/C14H18N2O2/c17-14(18)11-7-12-1-2-13(8-11)16(12)9-10-3-5-15-6-4-10/h3-6,11-13H,1-2,7-9H2,(H,17,18). The first-order valence-corrected chi connectivity index (χ1v) is 6.61. The summed E-state index contributed by atoms with van der Waals surface area (Å²) in [6, 6.07) is 5.00.